The van der Waals surface area contributed by atoms with Gasteiger partial charge in [0.15, 0.2) is 0 Å². The summed E-state index contributed by atoms with van der Waals surface area (Å²) >= 11 is 0. The SMILES string of the molecule is Cl.[3H]C([3H])(O)CN. The molecule has 5 heavy (non-hydrogen) atoms. The van der Waals surface area contributed by atoms with Crippen molar-refractivity contribution in [2.45, 2.75) is 0 Å². The van der Waals surface area contributed by atoms with E-state index in [-0.39, 0.29) is 19.0 Å². The van der Waals surface area contributed by atoms with E-state index in [9.17, 15) is 0 Å². The molecule has 0 heterocycles. The molecule has 3 heteroatoms. The van der Waals surface area contributed by atoms with Gasteiger partial charge < -0.3 is 10.8 Å². The Morgan fingerprint density at radius 2 is 2.20 bits per heavy atom. The van der Waals surface area contributed by atoms with Crippen LogP contribution in [0.5, 0.6) is 0 Å². The quantitative estimate of drug-likeness (QED) is 0.462. The zero-order chi connectivity index (χ0) is 5.21. The van der Waals surface area contributed by atoms with Crippen LogP contribution in [0.1, 0.15) is 2.74 Å². The van der Waals surface area contributed by atoms with Gasteiger partial charge >= 0.3 is 0 Å². The molecule has 0 rings (SSSR count). The number of rotatable bonds is 1. The molecule has 0 atom stereocenters. The Hall–Kier alpha value is 0.210. The van der Waals surface area contributed by atoms with Gasteiger partial charge in [0.25, 0.3) is 0 Å². The normalized spacial score (nSPS) is 14.8. The predicted octanol–water partition coefficient (Wildman–Crippen LogP) is -0.641. The Morgan fingerprint density at radius 1 is 2.00 bits per heavy atom. The van der Waals surface area contributed by atoms with Crippen molar-refractivity contribution >= 4 is 12.4 Å². The Labute approximate surface area is 40.2 Å². The van der Waals surface area contributed by atoms with Gasteiger partial charge in [-0.25, -0.2) is 0 Å². The second kappa shape index (κ2) is 8.88. The molecule has 2 nitrogen and oxygen atoms in total. The van der Waals surface area contributed by atoms with Crippen molar-refractivity contribution in [1.82, 2.24) is 0 Å². The highest BCUT2D eigenvalue weighted by molar-refractivity contribution is 5.85. The van der Waals surface area contributed by atoms with Crippen LogP contribution in [0.3, 0.4) is 0 Å². The summed E-state index contributed by atoms with van der Waals surface area (Å²) in [5.74, 6) is 0. The Morgan fingerprint density at radius 3 is 2.20 bits per heavy atom. The third-order valence-corrected chi connectivity index (χ3v) is 0.0913. The van der Waals surface area contributed by atoms with Gasteiger partial charge in [-0.3, -0.25) is 0 Å². The van der Waals surface area contributed by atoms with Crippen LogP contribution in [0.2, 0.25) is 0 Å². The molecule has 0 aromatic carbocycles. The maximum absolute atomic E-state index is 8.03. The monoisotopic (exact) mass is 101 g/mol. The highest BCUT2D eigenvalue weighted by Crippen LogP contribution is 1.33. The van der Waals surface area contributed by atoms with Crippen molar-refractivity contribution in [2.24, 2.45) is 5.73 Å². The topological polar surface area (TPSA) is 46.2 Å². The van der Waals surface area contributed by atoms with E-state index in [4.69, 9.17) is 7.85 Å². The highest BCUT2D eigenvalue weighted by atomic mass is 35.5. The largest absolute Gasteiger partial charge is 0.395 e. The molecule has 34 valence electrons. The summed E-state index contributed by atoms with van der Waals surface area (Å²) in [6.07, 6.45) is 0. The second-order valence-electron chi connectivity index (χ2n) is 0.362. The van der Waals surface area contributed by atoms with Gasteiger partial charge in [-0.2, -0.15) is 0 Å². The van der Waals surface area contributed by atoms with Crippen molar-refractivity contribution in [3.8, 4) is 0 Å². The minimum absolute atomic E-state index is 0. The Kier molecular flexibility index (Phi) is 6.04. The molecule has 0 aromatic heterocycles. The molecular weight excluding hydrogens is 89.5 g/mol. The van der Waals surface area contributed by atoms with E-state index in [1.807, 2.05) is 0 Å². The van der Waals surface area contributed by atoms with E-state index in [0.29, 0.717) is 0 Å². The van der Waals surface area contributed by atoms with Crippen LogP contribution < -0.4 is 5.73 Å². The molecule has 0 aromatic rings. The van der Waals surface area contributed by atoms with Gasteiger partial charge in [0.1, 0.15) is 0 Å². The fourth-order valence-corrected chi connectivity index (χ4v) is 0. The lowest BCUT2D eigenvalue weighted by Crippen LogP contribution is -2.02. The number of hydrogen-bond donors (Lipinski definition) is 2. The maximum Gasteiger partial charge on any atom is 0.0577 e. The minimum atomic E-state index is -2.18. The summed E-state index contributed by atoms with van der Waals surface area (Å²) in [5, 5.41) is 8.03. The van der Waals surface area contributed by atoms with E-state index in [2.05, 4.69) is 5.73 Å². The van der Waals surface area contributed by atoms with E-state index in [1.54, 1.807) is 0 Å². The van der Waals surface area contributed by atoms with Gasteiger partial charge in [0, 0.05) is 6.54 Å². The minimum Gasteiger partial charge on any atom is -0.395 e. The van der Waals surface area contributed by atoms with E-state index in [0.717, 1.165) is 0 Å². The fourth-order valence-electron chi connectivity index (χ4n) is 0. The lowest BCUT2D eigenvalue weighted by atomic mass is 10.8. The highest BCUT2D eigenvalue weighted by Gasteiger charge is 1.56. The van der Waals surface area contributed by atoms with Crippen LogP contribution in [0.25, 0.3) is 0 Å². The average Bonchev–Trinajstić information content (AvgIpc) is 1.35. The molecule has 0 unspecified atom stereocenters. The van der Waals surface area contributed by atoms with Crippen molar-refractivity contribution in [3.05, 3.63) is 0 Å². The van der Waals surface area contributed by atoms with E-state index >= 15 is 0 Å². The van der Waals surface area contributed by atoms with Gasteiger partial charge in [-0.1, -0.05) is 0 Å². The Bertz CT molecular complexity index is 45.4. The summed E-state index contributed by atoms with van der Waals surface area (Å²) in [6.45, 7) is -2.52. The summed E-state index contributed by atoms with van der Waals surface area (Å²) in [7, 11) is 0. The average molecular weight is 102 g/mol. The zero-order valence-corrected chi connectivity index (χ0v) is 3.46. The second-order valence-corrected chi connectivity index (χ2v) is 0.362. The zero-order valence-electron chi connectivity index (χ0n) is 4.64. The molecule has 0 saturated carbocycles. The molecule has 0 bridgehead atoms. The third kappa shape index (κ3) is 14.0. The van der Waals surface area contributed by atoms with Gasteiger partial charge in [0.05, 0.1) is 9.30 Å². The molecule has 0 aliphatic heterocycles. The smallest absolute Gasteiger partial charge is 0.0577 e. The summed E-state index contributed by atoms with van der Waals surface area (Å²) < 4.78 is 12.6. The first kappa shape index (κ1) is 3.40. The molecule has 0 fully saturated rings. The first-order valence-electron chi connectivity index (χ1n) is 1.99. The first-order valence-corrected chi connectivity index (χ1v) is 0.985. The molecule has 0 spiro atoms. The summed E-state index contributed by atoms with van der Waals surface area (Å²) in [5.41, 5.74) is 4.68. The molecule has 0 radical (unpaired) electrons. The Balaban J connectivity index is 0. The molecule has 3 N–H and O–H groups in total. The van der Waals surface area contributed by atoms with Crippen molar-refractivity contribution in [2.75, 3.05) is 13.1 Å². The van der Waals surface area contributed by atoms with E-state index < -0.39 is 6.56 Å². The van der Waals surface area contributed by atoms with Crippen molar-refractivity contribution in [3.63, 3.8) is 0 Å². The van der Waals surface area contributed by atoms with E-state index in [1.165, 1.54) is 0 Å². The van der Waals surface area contributed by atoms with Crippen LogP contribution in [-0.4, -0.2) is 18.2 Å². The fraction of sp³-hybridized carbons (Fsp3) is 1.00. The predicted molar refractivity (Wildman–Crippen MR) is 23.4 cm³/mol. The number of aliphatic hydroxyl groups is 1. The van der Waals surface area contributed by atoms with Crippen molar-refractivity contribution in [1.29, 1.82) is 0 Å². The van der Waals surface area contributed by atoms with Crippen LogP contribution in [0.4, 0.5) is 0 Å². The lowest BCUT2D eigenvalue weighted by Gasteiger charge is -1.71. The number of hydrogen-bond acceptors (Lipinski definition) is 2. The standard InChI is InChI=1S/C2H7NO.ClH/c3-1-2-4;/h4H,1-3H2;1H/i2T2;. The van der Waals surface area contributed by atoms with Gasteiger partial charge in [-0.05, 0) is 0 Å². The summed E-state index contributed by atoms with van der Waals surface area (Å²) in [4.78, 5) is 0. The number of halogens is 1. The molecule has 0 aliphatic rings. The molecule has 0 amide bonds. The van der Waals surface area contributed by atoms with Crippen LogP contribution in [-0.2, 0) is 0 Å². The maximum atomic E-state index is 8.03. The lowest BCUT2D eigenvalue weighted by molar-refractivity contribution is 0.306. The molecule has 0 aliphatic carbocycles. The molecule has 0 saturated heterocycles. The van der Waals surface area contributed by atoms with Crippen molar-refractivity contribution < 1.29 is 7.85 Å². The van der Waals surface area contributed by atoms with Gasteiger partial charge in [0.2, 0.25) is 0 Å². The van der Waals surface area contributed by atoms with Crippen LogP contribution in [0.15, 0.2) is 0 Å². The van der Waals surface area contributed by atoms with Crippen LogP contribution in [0, 0.1) is 0 Å². The van der Waals surface area contributed by atoms with Gasteiger partial charge in [-0.15, -0.1) is 12.4 Å². The number of nitrogens with two attached hydrogens (primary N) is 1. The first-order chi connectivity index (χ1) is 2.56. The summed E-state index contributed by atoms with van der Waals surface area (Å²) in [6, 6.07) is 0. The third-order valence-electron chi connectivity index (χ3n) is 0.0913. The van der Waals surface area contributed by atoms with Crippen LogP contribution >= 0.6 is 12.4 Å². The molecular formula is C2H8ClNO.